The van der Waals surface area contributed by atoms with Crippen LogP contribution in [0, 0.1) is 5.92 Å². The van der Waals surface area contributed by atoms with Gasteiger partial charge in [0.15, 0.2) is 0 Å². The van der Waals surface area contributed by atoms with Crippen molar-refractivity contribution < 1.29 is 18.6 Å². The molecule has 4 nitrogen and oxygen atoms in total. The molecule has 0 aromatic heterocycles. The second kappa shape index (κ2) is 12.5. The molecule has 172 valence electrons. The third-order valence-corrected chi connectivity index (χ3v) is 10.3. The molecular weight excluding hydrogens is 390 g/mol. The minimum absolute atomic E-state index is 0.0708. The van der Waals surface area contributed by atoms with Gasteiger partial charge >= 0.3 is 189 Å². The number of ether oxygens (including phenoxy) is 1. The van der Waals surface area contributed by atoms with Crippen molar-refractivity contribution in [1.82, 2.24) is 0 Å². The van der Waals surface area contributed by atoms with Crippen LogP contribution in [0.15, 0.2) is 12.2 Å². The second-order valence-corrected chi connectivity index (χ2v) is 15.6. The number of carbonyl (C=O) groups is 1. The van der Waals surface area contributed by atoms with Gasteiger partial charge in [0, 0.05) is 0 Å². The van der Waals surface area contributed by atoms with E-state index >= 15 is 0 Å². The molecule has 0 saturated carbocycles. The van der Waals surface area contributed by atoms with E-state index in [1.807, 2.05) is 26.8 Å². The summed E-state index contributed by atoms with van der Waals surface area (Å²) in [5.74, 6) is 0.248. The molecular formula is C23H46B2O4Si. The van der Waals surface area contributed by atoms with Gasteiger partial charge in [-0.3, -0.25) is 0 Å². The minimum atomic E-state index is -1.85. The van der Waals surface area contributed by atoms with E-state index in [1.165, 1.54) is 7.00 Å². The molecule has 0 spiro atoms. The van der Waals surface area contributed by atoms with Gasteiger partial charge in [0.1, 0.15) is 0 Å². The Morgan fingerprint density at radius 2 is 1.67 bits per heavy atom. The van der Waals surface area contributed by atoms with Crippen molar-refractivity contribution in [1.29, 1.82) is 0 Å². The van der Waals surface area contributed by atoms with Crippen molar-refractivity contribution in [2.45, 2.75) is 124 Å². The molecule has 0 bridgehead atoms. The van der Waals surface area contributed by atoms with Gasteiger partial charge in [-0.05, 0) is 0 Å². The Morgan fingerprint density at radius 1 is 1.10 bits per heavy atom. The topological polar surface area (TPSA) is 44.8 Å². The zero-order chi connectivity index (χ0) is 23.8. The first-order valence-corrected chi connectivity index (χ1v) is 14.3. The number of Topliss-reactive ketones (excluding diaryl/α,β-unsaturated/α-hetero) is 1. The zero-order valence-corrected chi connectivity index (χ0v) is 22.5. The molecule has 0 saturated heterocycles. The maximum atomic E-state index is 12.9. The molecule has 0 radical (unpaired) electrons. The summed E-state index contributed by atoms with van der Waals surface area (Å²) in [6.45, 7) is 23.5. The van der Waals surface area contributed by atoms with Crippen molar-refractivity contribution in [3.63, 3.8) is 0 Å². The van der Waals surface area contributed by atoms with E-state index in [0.29, 0.717) is 6.42 Å². The van der Waals surface area contributed by atoms with Crippen LogP contribution in [-0.2, 0) is 18.6 Å². The number of hydrogen-bond donors (Lipinski definition) is 0. The normalized spacial score (nSPS) is 17.3. The summed E-state index contributed by atoms with van der Waals surface area (Å²) < 4.78 is 18.4. The number of hydrogen-bond acceptors (Lipinski definition) is 4. The van der Waals surface area contributed by atoms with E-state index in [2.05, 4.69) is 68.1 Å². The SMILES string of the molecule is B=BOC(/C=C\C(C)C(C)O[Si](C)(C)C(C)(C)C)C(OC(C)(C)C)C(=O)CCCC. The molecule has 4 unspecified atom stereocenters. The first-order valence-electron chi connectivity index (χ1n) is 11.4. The van der Waals surface area contributed by atoms with Gasteiger partial charge in [0.05, 0.1) is 0 Å². The molecule has 0 fully saturated rings. The van der Waals surface area contributed by atoms with Crippen LogP contribution in [0.5, 0.6) is 0 Å². The predicted octanol–water partition coefficient (Wildman–Crippen LogP) is 5.35. The van der Waals surface area contributed by atoms with E-state index in [4.69, 9.17) is 13.8 Å². The average molecular weight is 436 g/mol. The number of rotatable bonds is 13. The van der Waals surface area contributed by atoms with Gasteiger partial charge in [-0.2, -0.15) is 0 Å². The molecule has 0 aliphatic rings. The van der Waals surface area contributed by atoms with Gasteiger partial charge in [-0.15, -0.1) is 0 Å². The molecule has 0 aromatic rings. The van der Waals surface area contributed by atoms with Gasteiger partial charge in [-0.1, -0.05) is 0 Å². The summed E-state index contributed by atoms with van der Waals surface area (Å²) in [6, 6.07) is 0. The number of unbranched alkanes of at least 4 members (excludes halogenated alkanes) is 1. The zero-order valence-electron chi connectivity index (χ0n) is 21.5. The van der Waals surface area contributed by atoms with Crippen molar-refractivity contribution in [3.05, 3.63) is 12.2 Å². The Balaban J connectivity index is 5.50. The molecule has 0 rings (SSSR count). The van der Waals surface area contributed by atoms with Gasteiger partial charge in [-0.25, -0.2) is 0 Å². The Kier molecular flexibility index (Phi) is 12.3. The first-order chi connectivity index (χ1) is 13.6. The van der Waals surface area contributed by atoms with Gasteiger partial charge < -0.3 is 0 Å². The van der Waals surface area contributed by atoms with Crippen LogP contribution in [0.3, 0.4) is 0 Å². The van der Waals surface area contributed by atoms with E-state index < -0.39 is 26.1 Å². The fourth-order valence-corrected chi connectivity index (χ4v) is 4.21. The van der Waals surface area contributed by atoms with Gasteiger partial charge in [0.2, 0.25) is 0 Å². The fourth-order valence-electron chi connectivity index (χ4n) is 2.71. The van der Waals surface area contributed by atoms with E-state index in [0.717, 1.165) is 12.8 Å². The predicted molar refractivity (Wildman–Crippen MR) is 133 cm³/mol. The fraction of sp³-hybridized carbons (Fsp3) is 0.870. The van der Waals surface area contributed by atoms with Crippen LogP contribution >= 0.6 is 0 Å². The van der Waals surface area contributed by atoms with Crippen LogP contribution in [0.25, 0.3) is 0 Å². The van der Waals surface area contributed by atoms with Crippen LogP contribution in [0.2, 0.25) is 18.1 Å². The summed E-state index contributed by atoms with van der Waals surface area (Å²) in [6.07, 6.45) is 5.24. The van der Waals surface area contributed by atoms with Crippen LogP contribution in [-0.4, -0.2) is 52.4 Å². The number of carbonyl (C=O) groups excluding carboxylic acids is 1. The second-order valence-electron chi connectivity index (χ2n) is 10.8. The molecule has 0 aromatic carbocycles. The Labute approximate surface area is 189 Å². The third kappa shape index (κ3) is 10.7. The maximum absolute atomic E-state index is 12.9. The van der Waals surface area contributed by atoms with Gasteiger partial charge in [0.25, 0.3) is 0 Å². The third-order valence-electron chi connectivity index (χ3n) is 5.76. The molecule has 4 atom stereocenters. The molecule has 0 heterocycles. The van der Waals surface area contributed by atoms with E-state index in [1.54, 1.807) is 0 Å². The summed E-state index contributed by atoms with van der Waals surface area (Å²) in [4.78, 5) is 12.9. The molecule has 0 aliphatic heterocycles. The first kappa shape index (κ1) is 29.5. The van der Waals surface area contributed by atoms with Crippen LogP contribution in [0.1, 0.15) is 81.6 Å². The standard InChI is InChI=1S/C23H46B2O4Si/c1-12-13-14-19(26)21(27-22(4,5)6)20(28-25-24)16-15-17(2)18(3)29-30(10,11)23(7,8)9/h15-18,20-21,24H,12-14H2,1-11H3/b16-15-. The average Bonchev–Trinajstić information content (AvgIpc) is 2.58. The summed E-state index contributed by atoms with van der Waals surface area (Å²) in [5.41, 5.74) is -0.451. The molecule has 0 N–H and O–H groups in total. The summed E-state index contributed by atoms with van der Waals surface area (Å²) >= 11 is 0. The van der Waals surface area contributed by atoms with Crippen LogP contribution in [0.4, 0.5) is 0 Å². The molecule has 0 aliphatic carbocycles. The van der Waals surface area contributed by atoms with Crippen LogP contribution < -0.4 is 0 Å². The number of ketones is 1. The molecule has 7 heteroatoms. The Bertz CT molecular complexity index is 565. The van der Waals surface area contributed by atoms with E-state index in [9.17, 15) is 4.79 Å². The van der Waals surface area contributed by atoms with Crippen molar-refractivity contribution >= 4 is 28.5 Å². The molecule has 30 heavy (non-hydrogen) atoms. The van der Waals surface area contributed by atoms with Crippen molar-refractivity contribution in [3.8, 4) is 0 Å². The molecule has 0 amide bonds. The Hall–Kier alpha value is -0.523. The van der Waals surface area contributed by atoms with E-state index in [-0.39, 0.29) is 22.8 Å². The summed E-state index contributed by atoms with van der Waals surface area (Å²) in [5, 5.41) is 0.163. The monoisotopic (exact) mass is 436 g/mol. The quantitative estimate of drug-likeness (QED) is 0.288. The summed E-state index contributed by atoms with van der Waals surface area (Å²) in [7, 11) is 3.24. The van der Waals surface area contributed by atoms with Crippen molar-refractivity contribution in [2.75, 3.05) is 0 Å². The Morgan fingerprint density at radius 3 is 2.10 bits per heavy atom. The van der Waals surface area contributed by atoms with Crippen molar-refractivity contribution in [2.24, 2.45) is 5.92 Å².